The highest BCUT2D eigenvalue weighted by Gasteiger charge is 2.31. The van der Waals surface area contributed by atoms with E-state index in [1.165, 1.54) is 6.42 Å². The van der Waals surface area contributed by atoms with E-state index in [1.807, 2.05) is 29.2 Å². The molecule has 0 bridgehead atoms. The van der Waals surface area contributed by atoms with Crippen molar-refractivity contribution in [1.82, 2.24) is 4.90 Å². The van der Waals surface area contributed by atoms with Crippen LogP contribution in [0.1, 0.15) is 30.1 Å². The molecule has 2 rings (SSSR count). The number of likely N-dealkylation sites (tertiary alicyclic amines) is 1. The van der Waals surface area contributed by atoms with Crippen LogP contribution in [-0.4, -0.2) is 29.9 Å². The molecule has 18 heavy (non-hydrogen) atoms. The van der Waals surface area contributed by atoms with Gasteiger partial charge in [0.05, 0.1) is 0 Å². The first kappa shape index (κ1) is 13.8. The Labute approximate surface area is 122 Å². The smallest absolute Gasteiger partial charge is 0.254 e. The van der Waals surface area contributed by atoms with Crippen LogP contribution in [0.5, 0.6) is 0 Å². The monoisotopic (exact) mass is 358 g/mol. The molecule has 1 saturated heterocycles. The van der Waals surface area contributed by atoms with Crippen LogP contribution in [0, 0.1) is 9.49 Å². The molecule has 2 N–H and O–H groups in total. The number of hydrogen-bond donors (Lipinski definition) is 1. The molecule has 1 aromatic rings. The molecule has 3 nitrogen and oxygen atoms in total. The van der Waals surface area contributed by atoms with E-state index in [4.69, 9.17) is 5.73 Å². The van der Waals surface area contributed by atoms with Crippen LogP contribution in [0.2, 0.25) is 0 Å². The van der Waals surface area contributed by atoms with Gasteiger partial charge in [0.25, 0.3) is 5.91 Å². The van der Waals surface area contributed by atoms with Gasteiger partial charge in [-0.2, -0.15) is 0 Å². The van der Waals surface area contributed by atoms with Crippen LogP contribution in [0.15, 0.2) is 24.3 Å². The fraction of sp³-hybridized carbons (Fsp3) is 0.500. The highest BCUT2D eigenvalue weighted by Crippen LogP contribution is 2.24. The number of carbonyl (C=O) groups excluding carboxylic acids is 1. The van der Waals surface area contributed by atoms with Gasteiger partial charge in [-0.3, -0.25) is 4.79 Å². The van der Waals surface area contributed by atoms with Gasteiger partial charge in [-0.1, -0.05) is 6.92 Å². The van der Waals surface area contributed by atoms with Gasteiger partial charge < -0.3 is 10.6 Å². The van der Waals surface area contributed by atoms with Gasteiger partial charge in [-0.05, 0) is 65.6 Å². The normalized spacial score (nSPS) is 24.1. The van der Waals surface area contributed by atoms with Crippen molar-refractivity contribution >= 4 is 28.5 Å². The summed E-state index contributed by atoms with van der Waals surface area (Å²) >= 11 is 2.24. The van der Waals surface area contributed by atoms with Crippen molar-refractivity contribution in [2.45, 2.75) is 25.8 Å². The van der Waals surface area contributed by atoms with Gasteiger partial charge in [0.1, 0.15) is 0 Å². The van der Waals surface area contributed by atoms with Crippen molar-refractivity contribution in [3.8, 4) is 0 Å². The summed E-state index contributed by atoms with van der Waals surface area (Å²) in [6.45, 7) is 3.57. The van der Waals surface area contributed by atoms with Gasteiger partial charge in [0.2, 0.25) is 0 Å². The minimum Gasteiger partial charge on any atom is -0.334 e. The zero-order valence-corrected chi connectivity index (χ0v) is 12.8. The molecule has 1 heterocycles. The molecule has 0 radical (unpaired) electrons. The summed E-state index contributed by atoms with van der Waals surface area (Å²) in [7, 11) is 0. The number of nitrogens with two attached hydrogens (primary N) is 1. The highest BCUT2D eigenvalue weighted by molar-refractivity contribution is 14.1. The van der Waals surface area contributed by atoms with Crippen molar-refractivity contribution in [3.63, 3.8) is 0 Å². The van der Waals surface area contributed by atoms with Crippen LogP contribution in [0.4, 0.5) is 0 Å². The molecule has 2 atom stereocenters. The van der Waals surface area contributed by atoms with Crippen LogP contribution >= 0.6 is 22.6 Å². The van der Waals surface area contributed by atoms with E-state index < -0.39 is 0 Å². The Morgan fingerprint density at radius 3 is 2.72 bits per heavy atom. The third-order valence-electron chi connectivity index (χ3n) is 3.71. The van der Waals surface area contributed by atoms with Gasteiger partial charge in [0, 0.05) is 28.3 Å². The van der Waals surface area contributed by atoms with E-state index in [0.29, 0.717) is 12.5 Å². The molecular weight excluding hydrogens is 339 g/mol. The Bertz CT molecular complexity index is 418. The lowest BCUT2D eigenvalue weighted by molar-refractivity contribution is 0.0532. The average Bonchev–Trinajstić information content (AvgIpc) is 2.38. The van der Waals surface area contributed by atoms with E-state index >= 15 is 0 Å². The van der Waals surface area contributed by atoms with Gasteiger partial charge in [-0.25, -0.2) is 0 Å². The van der Waals surface area contributed by atoms with E-state index in [2.05, 4.69) is 29.5 Å². The summed E-state index contributed by atoms with van der Waals surface area (Å²) in [5, 5.41) is 0. The second kappa shape index (κ2) is 6.02. The maximum absolute atomic E-state index is 12.5. The molecule has 1 aromatic carbocycles. The van der Waals surface area contributed by atoms with Crippen LogP contribution < -0.4 is 5.73 Å². The Hall–Kier alpha value is -0.620. The van der Waals surface area contributed by atoms with E-state index in [1.54, 1.807) is 0 Å². The fourth-order valence-electron chi connectivity index (χ4n) is 2.62. The number of nitrogens with zero attached hydrogens (tertiary/aromatic N) is 1. The molecule has 4 heteroatoms. The number of amides is 1. The summed E-state index contributed by atoms with van der Waals surface area (Å²) in [5.41, 5.74) is 6.60. The molecule has 0 aromatic heterocycles. The molecule has 1 amide bonds. The zero-order valence-electron chi connectivity index (χ0n) is 10.6. The average molecular weight is 358 g/mol. The lowest BCUT2D eigenvalue weighted by Crippen LogP contribution is -2.51. The van der Waals surface area contributed by atoms with Crippen LogP contribution in [0.25, 0.3) is 0 Å². The van der Waals surface area contributed by atoms with E-state index in [0.717, 1.165) is 22.1 Å². The summed E-state index contributed by atoms with van der Waals surface area (Å²) in [5.74, 6) is 0.616. The molecular formula is C14H19IN2O. The van der Waals surface area contributed by atoms with Gasteiger partial charge in [0.15, 0.2) is 0 Å². The molecule has 0 saturated carbocycles. The lowest BCUT2D eigenvalue weighted by Gasteiger charge is -2.39. The molecule has 0 aliphatic carbocycles. The third kappa shape index (κ3) is 2.85. The second-order valence-corrected chi connectivity index (χ2v) is 6.17. The third-order valence-corrected chi connectivity index (χ3v) is 4.43. The lowest BCUT2D eigenvalue weighted by atomic mass is 9.90. The topological polar surface area (TPSA) is 46.3 Å². The minimum absolute atomic E-state index is 0.119. The Morgan fingerprint density at radius 2 is 2.11 bits per heavy atom. The van der Waals surface area contributed by atoms with Crippen molar-refractivity contribution < 1.29 is 4.79 Å². The quantitative estimate of drug-likeness (QED) is 0.826. The first-order chi connectivity index (χ1) is 8.63. The minimum atomic E-state index is 0.119. The zero-order chi connectivity index (χ0) is 13.1. The largest absolute Gasteiger partial charge is 0.334 e. The predicted molar refractivity (Wildman–Crippen MR) is 81.4 cm³/mol. The summed E-state index contributed by atoms with van der Waals surface area (Å²) < 4.78 is 1.14. The Balaban J connectivity index is 2.18. The summed E-state index contributed by atoms with van der Waals surface area (Å²) in [4.78, 5) is 14.4. The van der Waals surface area contributed by atoms with E-state index in [9.17, 15) is 4.79 Å². The maximum Gasteiger partial charge on any atom is 0.254 e. The first-order valence-electron chi connectivity index (χ1n) is 6.40. The van der Waals surface area contributed by atoms with Gasteiger partial charge in [-0.15, -0.1) is 0 Å². The van der Waals surface area contributed by atoms with Crippen LogP contribution in [0.3, 0.4) is 0 Å². The number of carbonyl (C=O) groups is 1. The predicted octanol–water partition coefficient (Wildman–Crippen LogP) is 2.49. The Morgan fingerprint density at radius 1 is 1.44 bits per heavy atom. The SMILES string of the molecule is CC1CCCN(C(=O)c2ccc(I)cc2)C1CN. The van der Waals surface area contributed by atoms with Crippen molar-refractivity contribution in [2.24, 2.45) is 11.7 Å². The molecule has 1 aliphatic heterocycles. The molecule has 1 fully saturated rings. The number of benzene rings is 1. The number of rotatable bonds is 2. The molecule has 2 unspecified atom stereocenters. The first-order valence-corrected chi connectivity index (χ1v) is 7.48. The number of hydrogen-bond acceptors (Lipinski definition) is 2. The number of piperidine rings is 1. The van der Waals surface area contributed by atoms with Gasteiger partial charge >= 0.3 is 0 Å². The second-order valence-electron chi connectivity index (χ2n) is 4.93. The Kier molecular flexibility index (Phi) is 4.61. The molecule has 1 aliphatic rings. The highest BCUT2D eigenvalue weighted by atomic mass is 127. The summed E-state index contributed by atoms with van der Waals surface area (Å²) in [6.07, 6.45) is 2.24. The maximum atomic E-state index is 12.5. The number of halogens is 1. The van der Waals surface area contributed by atoms with Crippen molar-refractivity contribution in [2.75, 3.05) is 13.1 Å². The van der Waals surface area contributed by atoms with E-state index in [-0.39, 0.29) is 11.9 Å². The summed E-state index contributed by atoms with van der Waals surface area (Å²) in [6, 6.07) is 7.93. The van der Waals surface area contributed by atoms with Crippen LogP contribution in [-0.2, 0) is 0 Å². The molecule has 98 valence electrons. The fourth-order valence-corrected chi connectivity index (χ4v) is 2.98. The standard InChI is InChI=1S/C14H19IN2O/c1-10-3-2-8-17(13(10)9-16)14(18)11-4-6-12(15)7-5-11/h4-7,10,13H,2-3,8-9,16H2,1H3. The van der Waals surface area contributed by atoms with Crippen molar-refractivity contribution in [1.29, 1.82) is 0 Å². The molecule has 0 spiro atoms. The van der Waals surface area contributed by atoms with Crippen molar-refractivity contribution in [3.05, 3.63) is 33.4 Å².